The van der Waals surface area contributed by atoms with E-state index in [1.54, 1.807) is 6.08 Å². The molecule has 1 saturated heterocycles. The molecule has 1 aromatic carbocycles. The highest BCUT2D eigenvalue weighted by atomic mass is 16.5. The molecule has 1 atom stereocenters. The van der Waals surface area contributed by atoms with Crippen LogP contribution in [0.25, 0.3) is 6.08 Å². The highest BCUT2D eigenvalue weighted by Gasteiger charge is 2.34. The predicted molar refractivity (Wildman–Crippen MR) is 76.9 cm³/mol. The Labute approximate surface area is 122 Å². The number of carbonyl (C=O) groups excluding carboxylic acids is 1. The number of rotatable bonds is 2. The first-order chi connectivity index (χ1) is 10.2. The molecule has 0 aliphatic carbocycles. The number of fused-ring (bicyclic) bond motifs is 1. The molecule has 0 aromatic heterocycles. The lowest BCUT2D eigenvalue weighted by atomic mass is 9.99. The van der Waals surface area contributed by atoms with E-state index in [0.29, 0.717) is 18.5 Å². The molecule has 0 unspecified atom stereocenters. The van der Waals surface area contributed by atoms with Gasteiger partial charge in [0.05, 0.1) is 5.57 Å². The molecular weight excluding hydrogens is 270 g/mol. The minimum atomic E-state index is -0.930. The summed E-state index contributed by atoms with van der Waals surface area (Å²) in [7, 11) is 0. The van der Waals surface area contributed by atoms with Gasteiger partial charge in [0.2, 0.25) is 0 Å². The topological polar surface area (TPSA) is 66.8 Å². The lowest BCUT2D eigenvalue weighted by Gasteiger charge is -2.34. The lowest BCUT2D eigenvalue weighted by Crippen LogP contribution is -2.49. The van der Waals surface area contributed by atoms with E-state index in [0.717, 1.165) is 24.2 Å². The Bertz CT molecular complexity index is 608. The van der Waals surface area contributed by atoms with E-state index >= 15 is 0 Å². The Morgan fingerprint density at radius 3 is 2.86 bits per heavy atom. The van der Waals surface area contributed by atoms with Gasteiger partial charge in [0.15, 0.2) is 0 Å². The number of carboxylic acids is 1. The van der Waals surface area contributed by atoms with Crippen LogP contribution in [-0.2, 0) is 9.59 Å². The Morgan fingerprint density at radius 1 is 1.24 bits per heavy atom. The van der Waals surface area contributed by atoms with Gasteiger partial charge in [-0.3, -0.25) is 4.79 Å². The fourth-order valence-electron chi connectivity index (χ4n) is 2.86. The molecule has 2 aliphatic rings. The number of hydrogen-bond donors (Lipinski definition) is 1. The van der Waals surface area contributed by atoms with Gasteiger partial charge in [0.25, 0.3) is 5.91 Å². The van der Waals surface area contributed by atoms with Gasteiger partial charge in [0, 0.05) is 12.1 Å². The highest BCUT2D eigenvalue weighted by Crippen LogP contribution is 2.28. The SMILES string of the molecule is O=C(O)[C@H]1CCCCN1C(=O)C1=Cc2ccccc2OC1. The summed E-state index contributed by atoms with van der Waals surface area (Å²) < 4.78 is 5.58. The zero-order valence-electron chi connectivity index (χ0n) is 11.6. The number of benzene rings is 1. The van der Waals surface area contributed by atoms with Gasteiger partial charge >= 0.3 is 5.97 Å². The van der Waals surface area contributed by atoms with Crippen LogP contribution in [0, 0.1) is 0 Å². The third-order valence-electron chi connectivity index (χ3n) is 3.96. The van der Waals surface area contributed by atoms with Crippen LogP contribution < -0.4 is 4.74 Å². The molecule has 1 N–H and O–H groups in total. The number of likely N-dealkylation sites (tertiary alicyclic amines) is 1. The molecule has 110 valence electrons. The summed E-state index contributed by atoms with van der Waals surface area (Å²) in [6.07, 6.45) is 4.01. The van der Waals surface area contributed by atoms with Crippen molar-refractivity contribution < 1.29 is 19.4 Å². The summed E-state index contributed by atoms with van der Waals surface area (Å²) in [4.78, 5) is 25.4. The second kappa shape index (κ2) is 5.60. The molecular formula is C16H17NO4. The maximum Gasteiger partial charge on any atom is 0.326 e. The highest BCUT2D eigenvalue weighted by molar-refractivity contribution is 6.00. The average Bonchev–Trinajstić information content (AvgIpc) is 2.53. The molecule has 0 saturated carbocycles. The van der Waals surface area contributed by atoms with Crippen molar-refractivity contribution in [2.45, 2.75) is 25.3 Å². The molecule has 5 nitrogen and oxygen atoms in total. The lowest BCUT2D eigenvalue weighted by molar-refractivity contribution is -0.150. The number of carboxylic acid groups (broad SMARTS) is 1. The number of carbonyl (C=O) groups is 2. The van der Waals surface area contributed by atoms with Crippen LogP contribution in [-0.4, -0.2) is 41.1 Å². The first kappa shape index (κ1) is 13.7. The largest absolute Gasteiger partial charge is 0.488 e. The van der Waals surface area contributed by atoms with E-state index in [1.807, 2.05) is 24.3 Å². The molecule has 2 aliphatic heterocycles. The van der Waals surface area contributed by atoms with E-state index in [2.05, 4.69) is 0 Å². The summed E-state index contributed by atoms with van der Waals surface area (Å²) >= 11 is 0. The van der Waals surface area contributed by atoms with Gasteiger partial charge in [-0.05, 0) is 31.4 Å². The fraction of sp³-hybridized carbons (Fsp3) is 0.375. The molecule has 5 heteroatoms. The molecule has 0 radical (unpaired) electrons. The minimum absolute atomic E-state index is 0.193. The monoisotopic (exact) mass is 287 g/mol. The summed E-state index contributed by atoms with van der Waals surface area (Å²) in [5.74, 6) is -0.403. The van der Waals surface area contributed by atoms with Crippen LogP contribution in [0.5, 0.6) is 5.75 Å². The Hall–Kier alpha value is -2.30. The van der Waals surface area contributed by atoms with Crippen LogP contribution in [0.4, 0.5) is 0 Å². The summed E-state index contributed by atoms with van der Waals surface area (Å²) in [6.45, 7) is 0.688. The van der Waals surface area contributed by atoms with E-state index in [9.17, 15) is 14.7 Å². The van der Waals surface area contributed by atoms with E-state index in [-0.39, 0.29) is 12.5 Å². The van der Waals surface area contributed by atoms with Gasteiger partial charge in [-0.15, -0.1) is 0 Å². The van der Waals surface area contributed by atoms with Crippen molar-refractivity contribution in [2.75, 3.05) is 13.2 Å². The third-order valence-corrected chi connectivity index (χ3v) is 3.96. The molecule has 2 heterocycles. The smallest absolute Gasteiger partial charge is 0.326 e. The minimum Gasteiger partial charge on any atom is -0.488 e. The number of amides is 1. The molecule has 1 fully saturated rings. The molecule has 1 amide bonds. The number of para-hydroxylation sites is 1. The standard InChI is InChI=1S/C16H17NO4/c18-15(17-8-4-3-6-13(17)16(19)20)12-9-11-5-1-2-7-14(11)21-10-12/h1-2,5,7,9,13H,3-4,6,8,10H2,(H,19,20)/t13-/m1/s1. The number of piperidine rings is 1. The van der Waals surface area contributed by atoms with Crippen LogP contribution in [0.3, 0.4) is 0 Å². The number of ether oxygens (including phenoxy) is 1. The molecule has 0 bridgehead atoms. The van der Waals surface area contributed by atoms with Gasteiger partial charge in [-0.2, -0.15) is 0 Å². The Balaban J connectivity index is 1.85. The van der Waals surface area contributed by atoms with Gasteiger partial charge in [-0.1, -0.05) is 18.2 Å². The van der Waals surface area contributed by atoms with Crippen LogP contribution in [0.2, 0.25) is 0 Å². The van der Waals surface area contributed by atoms with Gasteiger partial charge < -0.3 is 14.7 Å². The van der Waals surface area contributed by atoms with E-state index in [4.69, 9.17) is 4.74 Å². The average molecular weight is 287 g/mol. The predicted octanol–water partition coefficient (Wildman–Crippen LogP) is 1.93. The maximum atomic E-state index is 12.6. The fourth-order valence-corrected chi connectivity index (χ4v) is 2.86. The summed E-state index contributed by atoms with van der Waals surface area (Å²) in [6, 6.07) is 6.78. The van der Waals surface area contributed by atoms with Crippen LogP contribution in [0.1, 0.15) is 24.8 Å². The maximum absolute atomic E-state index is 12.6. The number of hydrogen-bond acceptors (Lipinski definition) is 3. The quantitative estimate of drug-likeness (QED) is 0.902. The van der Waals surface area contributed by atoms with Crippen molar-refractivity contribution in [3.8, 4) is 5.75 Å². The van der Waals surface area contributed by atoms with Crippen molar-refractivity contribution in [1.29, 1.82) is 0 Å². The molecule has 3 rings (SSSR count). The third kappa shape index (κ3) is 2.63. The second-order valence-corrected chi connectivity index (χ2v) is 5.34. The number of aliphatic carboxylic acids is 1. The summed E-state index contributed by atoms with van der Waals surface area (Å²) in [5, 5.41) is 9.27. The normalized spacial score (nSPS) is 21.0. The second-order valence-electron chi connectivity index (χ2n) is 5.34. The molecule has 21 heavy (non-hydrogen) atoms. The van der Waals surface area contributed by atoms with Crippen LogP contribution >= 0.6 is 0 Å². The van der Waals surface area contributed by atoms with Gasteiger partial charge in [0.1, 0.15) is 18.4 Å². The van der Waals surface area contributed by atoms with Crippen molar-refractivity contribution in [3.63, 3.8) is 0 Å². The first-order valence-corrected chi connectivity index (χ1v) is 7.13. The Kier molecular flexibility index (Phi) is 3.64. The molecule has 1 aromatic rings. The van der Waals surface area contributed by atoms with Gasteiger partial charge in [-0.25, -0.2) is 4.79 Å². The van der Waals surface area contributed by atoms with Crippen LogP contribution in [0.15, 0.2) is 29.8 Å². The van der Waals surface area contributed by atoms with Crippen molar-refractivity contribution >= 4 is 18.0 Å². The molecule has 0 spiro atoms. The van der Waals surface area contributed by atoms with E-state index < -0.39 is 12.0 Å². The van der Waals surface area contributed by atoms with Crippen molar-refractivity contribution in [3.05, 3.63) is 35.4 Å². The first-order valence-electron chi connectivity index (χ1n) is 7.13. The zero-order chi connectivity index (χ0) is 14.8. The number of nitrogens with zero attached hydrogens (tertiary/aromatic N) is 1. The zero-order valence-corrected chi connectivity index (χ0v) is 11.6. The van der Waals surface area contributed by atoms with Crippen molar-refractivity contribution in [1.82, 2.24) is 4.90 Å². The Morgan fingerprint density at radius 2 is 2.05 bits per heavy atom. The van der Waals surface area contributed by atoms with E-state index in [1.165, 1.54) is 4.90 Å². The van der Waals surface area contributed by atoms with Crippen molar-refractivity contribution in [2.24, 2.45) is 0 Å². The summed E-state index contributed by atoms with van der Waals surface area (Å²) in [5.41, 5.74) is 1.37.